The first-order valence-corrected chi connectivity index (χ1v) is 7.89. The maximum absolute atomic E-state index is 12.1. The topological polar surface area (TPSA) is 75.6 Å². The number of hydrogen-bond acceptors (Lipinski definition) is 4. The number of benzene rings is 1. The van der Waals surface area contributed by atoms with E-state index < -0.39 is 10.0 Å². The molecule has 0 saturated carbocycles. The molecule has 0 aliphatic carbocycles. The molecule has 19 heavy (non-hydrogen) atoms. The standard InChI is InChI=1S/C12H16ClNO4S/c13-11-4-3-9(8-15)6-12(11)19(16,17)14-7-10-2-1-5-18-10/h3-4,6,10,14-15H,1-2,5,7-8H2. The Morgan fingerprint density at radius 2 is 2.26 bits per heavy atom. The van der Waals surface area contributed by atoms with Crippen LogP contribution in [0.1, 0.15) is 18.4 Å². The fourth-order valence-electron chi connectivity index (χ4n) is 1.94. The summed E-state index contributed by atoms with van der Waals surface area (Å²) in [5, 5.41) is 9.18. The van der Waals surface area contributed by atoms with Gasteiger partial charge in [0, 0.05) is 13.2 Å². The molecule has 5 nitrogen and oxygen atoms in total. The summed E-state index contributed by atoms with van der Waals surface area (Å²) in [4.78, 5) is -0.0151. The molecule has 1 saturated heterocycles. The summed E-state index contributed by atoms with van der Waals surface area (Å²) >= 11 is 5.90. The Labute approximate surface area is 117 Å². The Morgan fingerprint density at radius 3 is 2.89 bits per heavy atom. The number of sulfonamides is 1. The summed E-state index contributed by atoms with van der Waals surface area (Å²) in [7, 11) is -3.68. The Kier molecular flexibility index (Phi) is 4.81. The maximum atomic E-state index is 12.1. The van der Waals surface area contributed by atoms with E-state index >= 15 is 0 Å². The van der Waals surface area contributed by atoms with Gasteiger partial charge in [-0.15, -0.1) is 0 Å². The molecule has 1 aliphatic rings. The van der Waals surface area contributed by atoms with Crippen LogP contribution in [0.3, 0.4) is 0 Å². The molecule has 0 bridgehead atoms. The van der Waals surface area contributed by atoms with Crippen LogP contribution in [0.15, 0.2) is 23.1 Å². The number of aliphatic hydroxyl groups is 1. The van der Waals surface area contributed by atoms with Crippen LogP contribution in [-0.4, -0.2) is 32.8 Å². The van der Waals surface area contributed by atoms with Gasteiger partial charge in [0.05, 0.1) is 17.7 Å². The summed E-state index contributed by atoms with van der Waals surface area (Å²) in [6.45, 7) is 0.681. The number of rotatable bonds is 5. The summed E-state index contributed by atoms with van der Waals surface area (Å²) in [6, 6.07) is 4.43. The van der Waals surface area contributed by atoms with Crippen molar-refractivity contribution >= 4 is 21.6 Å². The second kappa shape index (κ2) is 6.19. The molecule has 1 fully saturated rings. The number of halogens is 1. The lowest BCUT2D eigenvalue weighted by molar-refractivity contribution is 0.114. The largest absolute Gasteiger partial charge is 0.392 e. The molecule has 0 spiro atoms. The molecule has 2 N–H and O–H groups in total. The van der Waals surface area contributed by atoms with Crippen LogP contribution in [-0.2, 0) is 21.4 Å². The predicted octanol–water partition coefficient (Wildman–Crippen LogP) is 1.29. The van der Waals surface area contributed by atoms with Crippen molar-refractivity contribution < 1.29 is 18.3 Å². The summed E-state index contributed by atoms with van der Waals surface area (Å²) in [6.07, 6.45) is 1.73. The van der Waals surface area contributed by atoms with Crippen LogP contribution in [0, 0.1) is 0 Å². The van der Waals surface area contributed by atoms with Crippen molar-refractivity contribution in [3.63, 3.8) is 0 Å². The lowest BCUT2D eigenvalue weighted by Gasteiger charge is -2.12. The monoisotopic (exact) mass is 305 g/mol. The van der Waals surface area contributed by atoms with Crippen LogP contribution in [0.25, 0.3) is 0 Å². The first-order chi connectivity index (χ1) is 9.03. The van der Waals surface area contributed by atoms with Crippen molar-refractivity contribution in [1.29, 1.82) is 0 Å². The van der Waals surface area contributed by atoms with Crippen LogP contribution >= 0.6 is 11.6 Å². The smallest absolute Gasteiger partial charge is 0.242 e. The van der Waals surface area contributed by atoms with Gasteiger partial charge in [0.1, 0.15) is 4.90 Å². The molecule has 1 aliphatic heterocycles. The lowest BCUT2D eigenvalue weighted by atomic mass is 10.2. The maximum Gasteiger partial charge on any atom is 0.242 e. The zero-order valence-electron chi connectivity index (χ0n) is 10.3. The molecule has 1 atom stereocenters. The van der Waals surface area contributed by atoms with E-state index in [1.54, 1.807) is 6.07 Å². The van der Waals surface area contributed by atoms with Gasteiger partial charge in [0.2, 0.25) is 10.0 Å². The Hall–Kier alpha value is -0.660. The SMILES string of the molecule is O=S(=O)(NCC1CCCO1)c1cc(CO)ccc1Cl. The minimum absolute atomic E-state index is 0.0151. The van der Waals surface area contributed by atoms with Gasteiger partial charge in [0.15, 0.2) is 0 Å². The van der Waals surface area contributed by atoms with E-state index in [0.717, 1.165) is 12.8 Å². The molecule has 0 radical (unpaired) electrons. The van der Waals surface area contributed by atoms with Crippen molar-refractivity contribution in [2.24, 2.45) is 0 Å². The van der Waals surface area contributed by atoms with E-state index in [2.05, 4.69) is 4.72 Å². The normalized spacial score (nSPS) is 19.8. The highest BCUT2D eigenvalue weighted by Gasteiger charge is 2.22. The van der Waals surface area contributed by atoms with Gasteiger partial charge in [-0.1, -0.05) is 17.7 Å². The zero-order chi connectivity index (χ0) is 13.9. The zero-order valence-corrected chi connectivity index (χ0v) is 11.9. The fourth-order valence-corrected chi connectivity index (χ4v) is 3.55. The van der Waals surface area contributed by atoms with Crippen molar-refractivity contribution in [2.45, 2.75) is 30.4 Å². The number of hydrogen-bond donors (Lipinski definition) is 2. The van der Waals surface area contributed by atoms with Gasteiger partial charge < -0.3 is 9.84 Å². The van der Waals surface area contributed by atoms with Crippen LogP contribution in [0.4, 0.5) is 0 Å². The van der Waals surface area contributed by atoms with Gasteiger partial charge in [0.25, 0.3) is 0 Å². The first-order valence-electron chi connectivity index (χ1n) is 6.03. The van der Waals surface area contributed by atoms with E-state index in [9.17, 15) is 8.42 Å². The second-order valence-electron chi connectivity index (χ2n) is 4.41. The number of nitrogens with one attached hydrogen (secondary N) is 1. The van der Waals surface area contributed by atoms with Crippen LogP contribution in [0.5, 0.6) is 0 Å². The molecular formula is C12H16ClNO4S. The number of aliphatic hydroxyl groups excluding tert-OH is 1. The quantitative estimate of drug-likeness (QED) is 0.859. The summed E-state index contributed by atoms with van der Waals surface area (Å²) < 4.78 is 32.1. The molecule has 0 aromatic heterocycles. The Bertz CT molecular complexity index is 541. The van der Waals surface area contributed by atoms with E-state index in [4.69, 9.17) is 21.4 Å². The lowest BCUT2D eigenvalue weighted by Crippen LogP contribution is -2.32. The van der Waals surface area contributed by atoms with Gasteiger partial charge in [-0.25, -0.2) is 13.1 Å². The highest BCUT2D eigenvalue weighted by atomic mass is 35.5. The molecule has 1 unspecified atom stereocenters. The Morgan fingerprint density at radius 1 is 1.47 bits per heavy atom. The molecular weight excluding hydrogens is 290 g/mol. The summed E-state index contributed by atoms with van der Waals surface area (Å²) in [5.74, 6) is 0. The van der Waals surface area contributed by atoms with Gasteiger partial charge in [-0.05, 0) is 30.5 Å². The van der Waals surface area contributed by atoms with Gasteiger partial charge >= 0.3 is 0 Å². The average Bonchev–Trinajstić information content (AvgIpc) is 2.90. The van der Waals surface area contributed by atoms with Crippen LogP contribution < -0.4 is 4.72 Å². The van der Waals surface area contributed by atoms with Crippen molar-refractivity contribution in [2.75, 3.05) is 13.2 Å². The van der Waals surface area contributed by atoms with Gasteiger partial charge in [-0.3, -0.25) is 0 Å². The third-order valence-electron chi connectivity index (χ3n) is 2.99. The minimum atomic E-state index is -3.68. The van der Waals surface area contributed by atoms with E-state index in [1.807, 2.05) is 0 Å². The van der Waals surface area contributed by atoms with Crippen molar-refractivity contribution in [3.8, 4) is 0 Å². The first kappa shape index (κ1) is 14.7. The third kappa shape index (κ3) is 3.67. The molecule has 1 heterocycles. The molecule has 1 aromatic carbocycles. The van der Waals surface area contributed by atoms with Crippen LogP contribution in [0.2, 0.25) is 5.02 Å². The highest BCUT2D eigenvalue weighted by molar-refractivity contribution is 7.89. The third-order valence-corrected chi connectivity index (χ3v) is 4.90. The van der Waals surface area contributed by atoms with Crippen molar-refractivity contribution in [1.82, 2.24) is 4.72 Å². The molecule has 7 heteroatoms. The molecule has 106 valence electrons. The predicted molar refractivity (Wildman–Crippen MR) is 71.5 cm³/mol. The van der Waals surface area contributed by atoms with E-state index in [1.165, 1.54) is 12.1 Å². The van der Waals surface area contributed by atoms with Gasteiger partial charge in [-0.2, -0.15) is 0 Å². The Balaban J connectivity index is 2.13. The molecule has 2 rings (SSSR count). The van der Waals surface area contributed by atoms with E-state index in [0.29, 0.717) is 12.2 Å². The van der Waals surface area contributed by atoms with E-state index in [-0.39, 0.29) is 29.2 Å². The highest BCUT2D eigenvalue weighted by Crippen LogP contribution is 2.23. The number of ether oxygens (including phenoxy) is 1. The molecule has 1 aromatic rings. The average molecular weight is 306 g/mol. The molecule has 0 amide bonds. The minimum Gasteiger partial charge on any atom is -0.392 e. The summed E-state index contributed by atoms with van der Waals surface area (Å²) in [5.41, 5.74) is 0.502. The van der Waals surface area contributed by atoms with Crippen molar-refractivity contribution in [3.05, 3.63) is 28.8 Å². The second-order valence-corrected chi connectivity index (χ2v) is 6.55. The fraction of sp³-hybridized carbons (Fsp3) is 0.500.